The van der Waals surface area contributed by atoms with Crippen molar-refractivity contribution in [2.45, 2.75) is 26.4 Å². The van der Waals surface area contributed by atoms with E-state index in [4.69, 9.17) is 4.74 Å². The topological polar surface area (TPSA) is 86.9 Å². The van der Waals surface area contributed by atoms with Gasteiger partial charge in [0, 0.05) is 12.6 Å². The number of hydrogen-bond donors (Lipinski definition) is 1. The van der Waals surface area contributed by atoms with Crippen LogP contribution in [0.25, 0.3) is 10.9 Å². The van der Waals surface area contributed by atoms with E-state index in [1.807, 2.05) is 13.1 Å². The van der Waals surface area contributed by atoms with Gasteiger partial charge in [0.15, 0.2) is 0 Å². The molecule has 1 unspecified atom stereocenters. The van der Waals surface area contributed by atoms with E-state index < -0.39 is 0 Å². The first-order chi connectivity index (χ1) is 12.0. The zero-order valence-corrected chi connectivity index (χ0v) is 14.8. The van der Waals surface area contributed by atoms with Gasteiger partial charge in [-0.3, -0.25) is 4.79 Å². The largest absolute Gasteiger partial charge is 0.481 e. The van der Waals surface area contributed by atoms with Gasteiger partial charge >= 0.3 is 0 Å². The predicted molar refractivity (Wildman–Crippen MR) is 93.4 cm³/mol. The first-order valence-electron chi connectivity index (χ1n) is 8.15. The molecule has 8 heteroatoms. The molecule has 3 aromatic rings. The molecule has 0 aliphatic heterocycles. The number of rotatable bonds is 6. The minimum Gasteiger partial charge on any atom is -0.481 e. The molecule has 0 fully saturated rings. The Bertz CT molecular complexity index is 869. The SMILES string of the molecule is COc1c2ccc(C(=O)NC(Cn3nccn3)C(C)C)cc2nn1C. The van der Waals surface area contributed by atoms with E-state index >= 15 is 0 Å². The number of carbonyl (C=O) groups excluding carboxylic acids is 1. The fourth-order valence-electron chi connectivity index (χ4n) is 2.75. The van der Waals surface area contributed by atoms with Crippen LogP contribution in [-0.4, -0.2) is 43.8 Å². The standard InChI is InChI=1S/C17H22N6O2/c1-11(2)15(10-23-18-7-8-19-23)20-16(24)12-5-6-13-14(9-12)21-22(3)17(13)25-4/h5-9,11,15H,10H2,1-4H3,(H,20,24). The van der Waals surface area contributed by atoms with Crippen molar-refractivity contribution in [1.82, 2.24) is 30.1 Å². The number of methoxy groups -OCH3 is 1. The summed E-state index contributed by atoms with van der Waals surface area (Å²) in [5.74, 6) is 0.776. The van der Waals surface area contributed by atoms with Crippen LogP contribution < -0.4 is 10.1 Å². The number of ether oxygens (including phenoxy) is 1. The molecule has 1 amide bonds. The van der Waals surface area contributed by atoms with E-state index in [0.29, 0.717) is 18.0 Å². The van der Waals surface area contributed by atoms with Crippen LogP contribution in [0.4, 0.5) is 0 Å². The van der Waals surface area contributed by atoms with E-state index in [9.17, 15) is 4.79 Å². The van der Waals surface area contributed by atoms with Crippen LogP contribution in [0.1, 0.15) is 24.2 Å². The molecule has 8 nitrogen and oxygen atoms in total. The summed E-state index contributed by atoms with van der Waals surface area (Å²) in [6, 6.07) is 5.34. The Labute approximate surface area is 145 Å². The van der Waals surface area contributed by atoms with Crippen LogP contribution in [0.5, 0.6) is 5.88 Å². The summed E-state index contributed by atoms with van der Waals surface area (Å²) in [5, 5.41) is 16.6. The molecule has 0 saturated carbocycles. The highest BCUT2D eigenvalue weighted by atomic mass is 16.5. The molecule has 2 aromatic heterocycles. The number of hydrogen-bond acceptors (Lipinski definition) is 5. The maximum Gasteiger partial charge on any atom is 0.251 e. The van der Waals surface area contributed by atoms with Crippen molar-refractivity contribution in [3.63, 3.8) is 0 Å². The van der Waals surface area contributed by atoms with Crippen LogP contribution in [0.2, 0.25) is 0 Å². The zero-order chi connectivity index (χ0) is 18.0. The van der Waals surface area contributed by atoms with Crippen molar-refractivity contribution in [1.29, 1.82) is 0 Å². The number of benzene rings is 1. The van der Waals surface area contributed by atoms with Crippen molar-refractivity contribution in [2.24, 2.45) is 13.0 Å². The summed E-state index contributed by atoms with van der Waals surface area (Å²) in [5.41, 5.74) is 1.29. The Balaban J connectivity index is 1.80. The number of aromatic nitrogens is 5. The quantitative estimate of drug-likeness (QED) is 0.736. The highest BCUT2D eigenvalue weighted by Gasteiger charge is 2.19. The first kappa shape index (κ1) is 16.9. The molecule has 25 heavy (non-hydrogen) atoms. The number of carbonyl (C=O) groups is 1. The molecule has 0 aliphatic rings. The molecule has 0 aliphatic carbocycles. The summed E-state index contributed by atoms with van der Waals surface area (Å²) in [7, 11) is 3.41. The molecule has 0 radical (unpaired) electrons. The number of amides is 1. The van der Waals surface area contributed by atoms with E-state index in [1.54, 1.807) is 41.1 Å². The van der Waals surface area contributed by atoms with Crippen molar-refractivity contribution < 1.29 is 9.53 Å². The van der Waals surface area contributed by atoms with Crippen molar-refractivity contribution >= 4 is 16.8 Å². The van der Waals surface area contributed by atoms with Gasteiger partial charge in [-0.05, 0) is 24.1 Å². The second kappa shape index (κ2) is 6.92. The van der Waals surface area contributed by atoms with Gasteiger partial charge in [0.2, 0.25) is 5.88 Å². The molecule has 0 saturated heterocycles. The van der Waals surface area contributed by atoms with Crippen LogP contribution in [-0.2, 0) is 13.6 Å². The highest BCUT2D eigenvalue weighted by Crippen LogP contribution is 2.25. The Hall–Kier alpha value is -2.90. The number of nitrogens with one attached hydrogen (secondary N) is 1. The van der Waals surface area contributed by atoms with E-state index in [-0.39, 0.29) is 17.9 Å². The lowest BCUT2D eigenvalue weighted by molar-refractivity contribution is 0.0918. The number of aryl methyl sites for hydroxylation is 1. The van der Waals surface area contributed by atoms with Crippen molar-refractivity contribution in [2.75, 3.05) is 7.11 Å². The molecule has 0 spiro atoms. The smallest absolute Gasteiger partial charge is 0.251 e. The minimum atomic E-state index is -0.141. The number of fused-ring (bicyclic) bond motifs is 1. The molecular weight excluding hydrogens is 320 g/mol. The molecule has 2 heterocycles. The van der Waals surface area contributed by atoms with Crippen LogP contribution in [0, 0.1) is 5.92 Å². The van der Waals surface area contributed by atoms with E-state index in [1.165, 1.54) is 0 Å². The normalized spacial score (nSPS) is 12.5. The summed E-state index contributed by atoms with van der Waals surface area (Å²) in [6.07, 6.45) is 3.25. The van der Waals surface area contributed by atoms with Gasteiger partial charge in [-0.15, -0.1) is 0 Å². The van der Waals surface area contributed by atoms with E-state index in [2.05, 4.69) is 34.5 Å². The minimum absolute atomic E-state index is 0.0751. The van der Waals surface area contributed by atoms with Gasteiger partial charge in [-0.1, -0.05) is 13.8 Å². The fourth-order valence-corrected chi connectivity index (χ4v) is 2.75. The van der Waals surface area contributed by atoms with Crippen LogP contribution in [0.15, 0.2) is 30.6 Å². The lowest BCUT2D eigenvalue weighted by Crippen LogP contribution is -2.42. The third-order valence-corrected chi connectivity index (χ3v) is 4.18. The molecular formula is C17H22N6O2. The lowest BCUT2D eigenvalue weighted by atomic mass is 10.0. The van der Waals surface area contributed by atoms with Crippen LogP contribution in [0.3, 0.4) is 0 Å². The van der Waals surface area contributed by atoms with Gasteiger partial charge in [-0.2, -0.15) is 20.1 Å². The lowest BCUT2D eigenvalue weighted by Gasteiger charge is -2.21. The maximum absolute atomic E-state index is 12.7. The molecule has 3 rings (SSSR count). The number of nitrogens with zero attached hydrogens (tertiary/aromatic N) is 5. The third-order valence-electron chi connectivity index (χ3n) is 4.18. The summed E-state index contributed by atoms with van der Waals surface area (Å²) in [4.78, 5) is 14.2. The molecule has 1 aromatic carbocycles. The van der Waals surface area contributed by atoms with Gasteiger partial charge < -0.3 is 10.1 Å². The zero-order valence-electron chi connectivity index (χ0n) is 14.8. The first-order valence-corrected chi connectivity index (χ1v) is 8.15. The fraction of sp³-hybridized carbons (Fsp3) is 0.412. The Kier molecular flexibility index (Phi) is 4.69. The Morgan fingerprint density at radius 3 is 2.64 bits per heavy atom. The van der Waals surface area contributed by atoms with Gasteiger partial charge in [-0.25, -0.2) is 4.68 Å². The maximum atomic E-state index is 12.7. The second-order valence-corrected chi connectivity index (χ2v) is 6.27. The van der Waals surface area contributed by atoms with Crippen molar-refractivity contribution in [3.05, 3.63) is 36.2 Å². The summed E-state index contributed by atoms with van der Waals surface area (Å²) >= 11 is 0. The average Bonchev–Trinajstić information content (AvgIpc) is 3.19. The predicted octanol–water partition coefficient (Wildman–Crippen LogP) is 1.63. The van der Waals surface area contributed by atoms with Gasteiger partial charge in [0.1, 0.15) is 0 Å². The summed E-state index contributed by atoms with van der Waals surface area (Å²) in [6.45, 7) is 4.64. The Morgan fingerprint density at radius 2 is 2.00 bits per heavy atom. The monoisotopic (exact) mass is 342 g/mol. The Morgan fingerprint density at radius 1 is 1.28 bits per heavy atom. The molecule has 132 valence electrons. The molecule has 0 bridgehead atoms. The average molecular weight is 342 g/mol. The molecule has 1 N–H and O–H groups in total. The highest BCUT2D eigenvalue weighted by molar-refractivity contribution is 5.98. The summed E-state index contributed by atoms with van der Waals surface area (Å²) < 4.78 is 7.00. The van der Waals surface area contributed by atoms with Crippen LogP contribution >= 0.6 is 0 Å². The van der Waals surface area contributed by atoms with Gasteiger partial charge in [0.05, 0.1) is 43.0 Å². The molecule has 1 atom stereocenters. The second-order valence-electron chi connectivity index (χ2n) is 6.27. The third kappa shape index (κ3) is 3.47. The van der Waals surface area contributed by atoms with Gasteiger partial charge in [0.25, 0.3) is 5.91 Å². The van der Waals surface area contributed by atoms with Crippen molar-refractivity contribution in [3.8, 4) is 5.88 Å². The van der Waals surface area contributed by atoms with E-state index in [0.717, 1.165) is 10.9 Å².